The zero-order chi connectivity index (χ0) is 13.5. The number of aryl methyl sites for hydroxylation is 1. The summed E-state index contributed by atoms with van der Waals surface area (Å²) in [5.74, 6) is 0.582. The van der Waals surface area contributed by atoms with Crippen LogP contribution in [0.2, 0.25) is 0 Å². The fourth-order valence-corrected chi connectivity index (χ4v) is 2.29. The van der Waals surface area contributed by atoms with E-state index in [0.29, 0.717) is 5.92 Å². The van der Waals surface area contributed by atoms with E-state index in [4.69, 9.17) is 4.74 Å². The third-order valence-corrected chi connectivity index (χ3v) is 3.74. The van der Waals surface area contributed by atoms with Crippen LogP contribution in [0, 0.1) is 6.92 Å². The lowest BCUT2D eigenvalue weighted by molar-refractivity contribution is 0.127. The molecule has 1 N–H and O–H groups in total. The van der Waals surface area contributed by atoms with Crippen molar-refractivity contribution in [2.24, 2.45) is 0 Å². The summed E-state index contributed by atoms with van der Waals surface area (Å²) in [6.45, 7) is 7.15. The van der Waals surface area contributed by atoms with E-state index in [9.17, 15) is 0 Å². The molecule has 1 aliphatic carbocycles. The molecule has 0 heterocycles. The summed E-state index contributed by atoms with van der Waals surface area (Å²) in [7, 11) is 0. The lowest BCUT2D eigenvalue weighted by Crippen LogP contribution is -2.24. The third-order valence-electron chi connectivity index (χ3n) is 3.74. The summed E-state index contributed by atoms with van der Waals surface area (Å²) < 4.78 is 5.65. The average Bonchev–Trinajstić information content (AvgIpc) is 3.23. The molecule has 2 nitrogen and oxygen atoms in total. The van der Waals surface area contributed by atoms with Gasteiger partial charge in [0.15, 0.2) is 0 Å². The van der Waals surface area contributed by atoms with Gasteiger partial charge in [-0.2, -0.15) is 0 Å². The van der Waals surface area contributed by atoms with Gasteiger partial charge in [0.05, 0.1) is 0 Å². The molecule has 1 saturated carbocycles. The van der Waals surface area contributed by atoms with Gasteiger partial charge in [0.25, 0.3) is 0 Å². The van der Waals surface area contributed by atoms with Crippen molar-refractivity contribution < 1.29 is 4.74 Å². The van der Waals surface area contributed by atoms with Crippen molar-refractivity contribution in [1.82, 2.24) is 5.32 Å². The molecule has 106 valence electrons. The first-order chi connectivity index (χ1) is 9.29. The molecular weight excluding hydrogens is 234 g/mol. The van der Waals surface area contributed by atoms with Crippen molar-refractivity contribution in [2.45, 2.75) is 51.5 Å². The summed E-state index contributed by atoms with van der Waals surface area (Å²) >= 11 is 0. The Kier molecular flexibility index (Phi) is 5.87. The van der Waals surface area contributed by atoms with Crippen LogP contribution in [0.25, 0.3) is 0 Å². The normalized spacial score (nSPS) is 16.5. The van der Waals surface area contributed by atoms with E-state index >= 15 is 0 Å². The second kappa shape index (κ2) is 7.66. The van der Waals surface area contributed by atoms with Crippen molar-refractivity contribution >= 4 is 0 Å². The van der Waals surface area contributed by atoms with Crippen LogP contribution in [0.3, 0.4) is 0 Å². The quantitative estimate of drug-likeness (QED) is 0.685. The van der Waals surface area contributed by atoms with Gasteiger partial charge < -0.3 is 10.1 Å². The van der Waals surface area contributed by atoms with Gasteiger partial charge in [0, 0.05) is 25.8 Å². The molecule has 1 aromatic carbocycles. The highest BCUT2D eigenvalue weighted by Gasteiger charge is 2.22. The maximum absolute atomic E-state index is 5.65. The topological polar surface area (TPSA) is 21.3 Å². The molecule has 0 saturated heterocycles. The smallest absolute Gasteiger partial charge is 0.0472 e. The fraction of sp³-hybridized carbons (Fsp3) is 0.647. The van der Waals surface area contributed by atoms with Gasteiger partial charge >= 0.3 is 0 Å². The molecule has 1 aromatic rings. The summed E-state index contributed by atoms with van der Waals surface area (Å²) in [4.78, 5) is 0. The Balaban J connectivity index is 1.85. The van der Waals surface area contributed by atoms with E-state index in [1.165, 1.54) is 24.0 Å². The first-order valence-corrected chi connectivity index (χ1v) is 7.67. The molecule has 2 rings (SSSR count). The third kappa shape index (κ3) is 5.33. The van der Waals surface area contributed by atoms with Gasteiger partial charge in [0.2, 0.25) is 0 Å². The van der Waals surface area contributed by atoms with E-state index in [0.717, 1.165) is 38.6 Å². The number of hydrogen-bond donors (Lipinski definition) is 1. The number of rotatable bonds is 9. The van der Waals surface area contributed by atoms with Crippen molar-refractivity contribution in [1.29, 1.82) is 0 Å². The minimum atomic E-state index is 0.582. The van der Waals surface area contributed by atoms with Crippen LogP contribution in [0.1, 0.15) is 49.7 Å². The Labute approximate surface area is 117 Å². The highest BCUT2D eigenvalue weighted by atomic mass is 16.5. The Morgan fingerprint density at radius 3 is 2.58 bits per heavy atom. The van der Waals surface area contributed by atoms with Crippen LogP contribution in [0.5, 0.6) is 0 Å². The monoisotopic (exact) mass is 261 g/mol. The van der Waals surface area contributed by atoms with Crippen LogP contribution in [0.15, 0.2) is 24.3 Å². The number of nitrogens with one attached hydrogen (secondary N) is 1. The van der Waals surface area contributed by atoms with Crippen LogP contribution >= 0.6 is 0 Å². The zero-order valence-electron chi connectivity index (χ0n) is 12.3. The molecule has 0 spiro atoms. The predicted octanol–water partition coefficient (Wildman–Crippen LogP) is 3.65. The van der Waals surface area contributed by atoms with Crippen molar-refractivity contribution in [2.75, 3.05) is 19.8 Å². The number of benzene rings is 1. The molecule has 1 fully saturated rings. The molecule has 19 heavy (non-hydrogen) atoms. The summed E-state index contributed by atoms with van der Waals surface area (Å²) in [5.41, 5.74) is 2.78. The van der Waals surface area contributed by atoms with Gasteiger partial charge in [-0.25, -0.2) is 0 Å². The van der Waals surface area contributed by atoms with Crippen molar-refractivity contribution in [3.63, 3.8) is 0 Å². The van der Waals surface area contributed by atoms with Crippen LogP contribution in [-0.4, -0.2) is 25.8 Å². The van der Waals surface area contributed by atoms with Crippen LogP contribution in [0.4, 0.5) is 0 Å². The first kappa shape index (κ1) is 14.5. The predicted molar refractivity (Wildman–Crippen MR) is 80.7 cm³/mol. The largest absolute Gasteiger partial charge is 0.381 e. The Hall–Kier alpha value is -0.860. The van der Waals surface area contributed by atoms with Gasteiger partial charge in [-0.05, 0) is 44.1 Å². The van der Waals surface area contributed by atoms with E-state index < -0.39 is 0 Å². The van der Waals surface area contributed by atoms with Crippen LogP contribution in [-0.2, 0) is 4.74 Å². The Bertz CT molecular complexity index is 356. The zero-order valence-corrected chi connectivity index (χ0v) is 12.3. The lowest BCUT2D eigenvalue weighted by Gasteiger charge is -2.18. The minimum absolute atomic E-state index is 0.582. The van der Waals surface area contributed by atoms with Gasteiger partial charge in [-0.15, -0.1) is 0 Å². The molecule has 1 aliphatic rings. The van der Waals surface area contributed by atoms with Crippen molar-refractivity contribution in [3.05, 3.63) is 35.4 Å². The second-order valence-electron chi connectivity index (χ2n) is 5.69. The molecule has 1 atom stereocenters. The molecule has 0 aliphatic heterocycles. The first-order valence-electron chi connectivity index (χ1n) is 7.67. The molecular formula is C17H27NO. The summed E-state index contributed by atoms with van der Waals surface area (Å²) in [6.07, 6.45) is 4.93. The second-order valence-corrected chi connectivity index (χ2v) is 5.69. The summed E-state index contributed by atoms with van der Waals surface area (Å²) in [6, 6.07) is 9.76. The highest BCUT2D eigenvalue weighted by Crippen LogP contribution is 2.23. The van der Waals surface area contributed by atoms with Crippen LogP contribution < -0.4 is 5.32 Å². The molecule has 0 aromatic heterocycles. The van der Waals surface area contributed by atoms with Gasteiger partial charge in [-0.3, -0.25) is 0 Å². The molecule has 0 radical (unpaired) electrons. The van der Waals surface area contributed by atoms with Gasteiger partial charge in [-0.1, -0.05) is 36.8 Å². The Morgan fingerprint density at radius 2 is 1.95 bits per heavy atom. The fourth-order valence-electron chi connectivity index (χ4n) is 2.29. The van der Waals surface area contributed by atoms with E-state index in [1.807, 2.05) is 0 Å². The maximum Gasteiger partial charge on any atom is 0.0472 e. The molecule has 1 unspecified atom stereocenters. The number of hydrogen-bond acceptors (Lipinski definition) is 2. The molecule has 0 bridgehead atoms. The summed E-state index contributed by atoms with van der Waals surface area (Å²) in [5, 5.41) is 3.66. The average molecular weight is 261 g/mol. The maximum atomic E-state index is 5.65. The minimum Gasteiger partial charge on any atom is -0.381 e. The van der Waals surface area contributed by atoms with E-state index in [-0.39, 0.29) is 0 Å². The van der Waals surface area contributed by atoms with E-state index in [1.54, 1.807) is 0 Å². The van der Waals surface area contributed by atoms with Crippen molar-refractivity contribution in [3.8, 4) is 0 Å². The molecule has 2 heteroatoms. The number of ether oxygens (including phenoxy) is 1. The molecule has 0 amide bonds. The van der Waals surface area contributed by atoms with Gasteiger partial charge in [0.1, 0.15) is 0 Å². The SMILES string of the molecule is CCCOCCC(CNC1CC1)c1ccc(C)cc1. The standard InChI is InChI=1S/C17H27NO/c1-3-11-19-12-10-16(13-18-17-8-9-17)15-6-4-14(2)5-7-15/h4-7,16-18H,3,8-13H2,1-2H3. The van der Waals surface area contributed by atoms with E-state index in [2.05, 4.69) is 43.4 Å². The lowest BCUT2D eigenvalue weighted by atomic mass is 9.95. The Morgan fingerprint density at radius 1 is 1.21 bits per heavy atom. The highest BCUT2D eigenvalue weighted by molar-refractivity contribution is 5.24.